The number of ether oxygens (including phenoxy) is 1. The van der Waals surface area contributed by atoms with Crippen molar-refractivity contribution in [1.29, 1.82) is 0 Å². The minimum atomic E-state index is -0.722. The Kier molecular flexibility index (Phi) is 13.4. The van der Waals surface area contributed by atoms with Gasteiger partial charge in [-0.2, -0.15) is 0 Å². The fraction of sp³-hybridized carbons (Fsp3) is 0.632. The van der Waals surface area contributed by atoms with Gasteiger partial charge in [0.25, 0.3) is 0 Å². The van der Waals surface area contributed by atoms with E-state index in [1.54, 1.807) is 7.11 Å². The Balaban J connectivity index is 0.000000534. The van der Waals surface area contributed by atoms with Crippen LogP contribution in [0, 0.1) is 0 Å². The van der Waals surface area contributed by atoms with E-state index < -0.39 is 5.97 Å². The molecule has 0 saturated heterocycles. The second-order valence-corrected chi connectivity index (χ2v) is 5.51. The highest BCUT2D eigenvalue weighted by Crippen LogP contribution is 2.14. The largest absolute Gasteiger partial charge is 0.497 e. The number of aliphatic carboxylic acids is 1. The van der Waals surface area contributed by atoms with Gasteiger partial charge in [0.1, 0.15) is 5.75 Å². The first kappa shape index (κ1) is 20.5. The lowest BCUT2D eigenvalue weighted by atomic mass is 10.1. The van der Waals surface area contributed by atoms with Crippen LogP contribution in [0.25, 0.3) is 0 Å². The fourth-order valence-electron chi connectivity index (χ4n) is 2.11. The average molecular weight is 308 g/mol. The van der Waals surface area contributed by atoms with Gasteiger partial charge in [-0.1, -0.05) is 58.1 Å². The van der Waals surface area contributed by atoms with E-state index in [9.17, 15) is 4.79 Å². The summed E-state index contributed by atoms with van der Waals surface area (Å²) in [6.07, 6.45) is 9.80. The van der Waals surface area contributed by atoms with Crippen LogP contribution in [-0.2, 0) is 11.2 Å². The number of rotatable bonds is 10. The van der Waals surface area contributed by atoms with Crippen LogP contribution < -0.4 is 4.74 Å². The molecule has 0 aromatic heterocycles. The van der Waals surface area contributed by atoms with Crippen LogP contribution >= 0.6 is 0 Å². The molecule has 126 valence electrons. The minimum absolute atomic E-state index is 0.254. The number of hydrogen-bond acceptors (Lipinski definition) is 2. The summed E-state index contributed by atoms with van der Waals surface area (Å²) < 4.78 is 5.11. The Morgan fingerprint density at radius 2 is 1.73 bits per heavy atom. The van der Waals surface area contributed by atoms with E-state index in [0.29, 0.717) is 0 Å². The third kappa shape index (κ3) is 12.2. The van der Waals surface area contributed by atoms with Gasteiger partial charge in [-0.05, 0) is 37.0 Å². The summed E-state index contributed by atoms with van der Waals surface area (Å²) in [6.45, 7) is 4.49. The van der Waals surface area contributed by atoms with Crippen molar-refractivity contribution in [2.24, 2.45) is 0 Å². The van der Waals surface area contributed by atoms with Crippen molar-refractivity contribution in [2.45, 2.75) is 71.6 Å². The number of benzene rings is 1. The zero-order valence-electron chi connectivity index (χ0n) is 14.4. The molecule has 0 amide bonds. The molecule has 0 aliphatic rings. The van der Waals surface area contributed by atoms with E-state index >= 15 is 0 Å². The van der Waals surface area contributed by atoms with Crippen molar-refractivity contribution in [3.8, 4) is 5.75 Å². The molecule has 1 rings (SSSR count). The number of aryl methyl sites for hydroxylation is 1. The standard InChI is InChI=1S/C12H16O3.C7H16/c1-15-11-7-4-6-10(9-11)5-2-3-8-12(13)14;1-3-5-7-6-4-2/h4,6-7,9H,2-3,5,8H2,1H3,(H,13,14);3-7H2,1-2H3. The summed E-state index contributed by atoms with van der Waals surface area (Å²) in [5, 5.41) is 8.47. The van der Waals surface area contributed by atoms with Crippen LogP contribution in [-0.4, -0.2) is 18.2 Å². The van der Waals surface area contributed by atoms with Crippen molar-refractivity contribution in [1.82, 2.24) is 0 Å². The lowest BCUT2D eigenvalue weighted by Crippen LogP contribution is -1.95. The molecule has 0 heterocycles. The second kappa shape index (κ2) is 14.4. The van der Waals surface area contributed by atoms with Crippen molar-refractivity contribution < 1.29 is 14.6 Å². The fourth-order valence-corrected chi connectivity index (χ4v) is 2.11. The number of carbonyl (C=O) groups is 1. The molecule has 1 aromatic carbocycles. The monoisotopic (exact) mass is 308 g/mol. The third-order valence-electron chi connectivity index (χ3n) is 3.45. The Labute approximate surface area is 135 Å². The van der Waals surface area contributed by atoms with Crippen LogP contribution in [0.4, 0.5) is 0 Å². The Morgan fingerprint density at radius 3 is 2.27 bits per heavy atom. The van der Waals surface area contributed by atoms with Gasteiger partial charge in [-0.15, -0.1) is 0 Å². The first-order valence-electron chi connectivity index (χ1n) is 8.48. The lowest BCUT2D eigenvalue weighted by Gasteiger charge is -2.03. The summed E-state index contributed by atoms with van der Waals surface area (Å²) in [6, 6.07) is 7.87. The molecule has 0 saturated carbocycles. The SMILES string of the molecule is CCCCCCC.COc1cccc(CCCCC(=O)O)c1. The molecule has 0 unspecified atom stereocenters. The predicted octanol–water partition coefficient (Wildman–Crippen LogP) is 5.47. The van der Waals surface area contributed by atoms with E-state index in [-0.39, 0.29) is 6.42 Å². The van der Waals surface area contributed by atoms with Crippen LogP contribution in [0.1, 0.15) is 70.8 Å². The van der Waals surface area contributed by atoms with E-state index in [2.05, 4.69) is 13.8 Å². The molecule has 0 bridgehead atoms. The number of carboxylic acid groups (broad SMARTS) is 1. The molecule has 0 aliphatic carbocycles. The smallest absolute Gasteiger partial charge is 0.303 e. The van der Waals surface area contributed by atoms with Gasteiger partial charge >= 0.3 is 5.97 Å². The Hall–Kier alpha value is -1.51. The van der Waals surface area contributed by atoms with Crippen LogP contribution in [0.15, 0.2) is 24.3 Å². The highest BCUT2D eigenvalue weighted by atomic mass is 16.5. The normalized spacial score (nSPS) is 9.77. The van der Waals surface area contributed by atoms with Gasteiger partial charge in [0, 0.05) is 6.42 Å². The zero-order valence-corrected chi connectivity index (χ0v) is 14.4. The highest BCUT2D eigenvalue weighted by molar-refractivity contribution is 5.66. The number of carboxylic acids is 1. The Bertz CT molecular complexity index is 384. The van der Waals surface area contributed by atoms with Gasteiger partial charge in [0.05, 0.1) is 7.11 Å². The Morgan fingerprint density at radius 1 is 1.05 bits per heavy atom. The maximum Gasteiger partial charge on any atom is 0.303 e. The molecule has 0 radical (unpaired) electrons. The molecule has 0 spiro atoms. The predicted molar refractivity (Wildman–Crippen MR) is 92.6 cm³/mol. The molecule has 3 nitrogen and oxygen atoms in total. The first-order valence-corrected chi connectivity index (χ1v) is 8.48. The minimum Gasteiger partial charge on any atom is -0.497 e. The van der Waals surface area contributed by atoms with Crippen molar-refractivity contribution >= 4 is 5.97 Å². The van der Waals surface area contributed by atoms with Gasteiger partial charge in [0.15, 0.2) is 0 Å². The second-order valence-electron chi connectivity index (χ2n) is 5.51. The maximum absolute atomic E-state index is 10.3. The molecule has 0 aliphatic heterocycles. The molecular weight excluding hydrogens is 276 g/mol. The summed E-state index contributed by atoms with van der Waals surface area (Å²) in [5.74, 6) is 0.131. The maximum atomic E-state index is 10.3. The summed E-state index contributed by atoms with van der Waals surface area (Å²) in [5.41, 5.74) is 1.19. The van der Waals surface area contributed by atoms with Gasteiger partial charge < -0.3 is 9.84 Å². The number of unbranched alkanes of at least 4 members (excludes halogenated alkanes) is 5. The molecule has 1 aromatic rings. The van der Waals surface area contributed by atoms with Crippen LogP contribution in [0.5, 0.6) is 5.75 Å². The molecular formula is C19H32O3. The van der Waals surface area contributed by atoms with Gasteiger partial charge in [0.2, 0.25) is 0 Å². The van der Waals surface area contributed by atoms with E-state index in [4.69, 9.17) is 9.84 Å². The first-order chi connectivity index (χ1) is 10.6. The average Bonchev–Trinajstić information content (AvgIpc) is 2.53. The summed E-state index contributed by atoms with van der Waals surface area (Å²) in [7, 11) is 1.64. The van der Waals surface area contributed by atoms with Crippen molar-refractivity contribution in [3.63, 3.8) is 0 Å². The van der Waals surface area contributed by atoms with Crippen LogP contribution in [0.2, 0.25) is 0 Å². The third-order valence-corrected chi connectivity index (χ3v) is 3.45. The quantitative estimate of drug-likeness (QED) is 0.583. The van der Waals surface area contributed by atoms with E-state index in [1.165, 1.54) is 37.7 Å². The van der Waals surface area contributed by atoms with Gasteiger partial charge in [-0.25, -0.2) is 0 Å². The highest BCUT2D eigenvalue weighted by Gasteiger charge is 1.99. The molecule has 3 heteroatoms. The van der Waals surface area contributed by atoms with Crippen molar-refractivity contribution in [2.75, 3.05) is 7.11 Å². The molecule has 0 fully saturated rings. The van der Waals surface area contributed by atoms with E-state index in [0.717, 1.165) is 25.0 Å². The topological polar surface area (TPSA) is 46.5 Å². The molecule has 1 N–H and O–H groups in total. The number of methoxy groups -OCH3 is 1. The van der Waals surface area contributed by atoms with Crippen LogP contribution in [0.3, 0.4) is 0 Å². The van der Waals surface area contributed by atoms with Gasteiger partial charge in [-0.3, -0.25) is 4.79 Å². The molecule has 0 atom stereocenters. The van der Waals surface area contributed by atoms with Crippen molar-refractivity contribution in [3.05, 3.63) is 29.8 Å². The summed E-state index contributed by atoms with van der Waals surface area (Å²) >= 11 is 0. The zero-order chi connectivity index (χ0) is 16.6. The lowest BCUT2D eigenvalue weighted by molar-refractivity contribution is -0.137. The van der Waals surface area contributed by atoms with E-state index in [1.807, 2.05) is 24.3 Å². The number of hydrogen-bond donors (Lipinski definition) is 1. The molecule has 22 heavy (non-hydrogen) atoms. The summed E-state index contributed by atoms with van der Waals surface area (Å²) in [4.78, 5) is 10.3.